The van der Waals surface area contributed by atoms with E-state index in [1.807, 2.05) is 12.1 Å². The number of nitriles is 1. The van der Waals surface area contributed by atoms with Gasteiger partial charge in [0, 0.05) is 54.3 Å². The van der Waals surface area contributed by atoms with E-state index >= 15 is 0 Å². The Morgan fingerprint density at radius 2 is 1.96 bits per heavy atom. The molecule has 3 aromatic rings. The van der Waals surface area contributed by atoms with Gasteiger partial charge < -0.3 is 24.3 Å². The van der Waals surface area contributed by atoms with Gasteiger partial charge in [0.25, 0.3) is 5.91 Å². The Bertz CT molecular complexity index is 1700. The lowest BCUT2D eigenvalue weighted by molar-refractivity contribution is -0.131. The number of hydrogen-bond acceptors (Lipinski definition) is 8. The molecule has 7 rings (SSSR count). The molecule has 1 aromatic heterocycles. The van der Waals surface area contributed by atoms with Crippen LogP contribution in [0.25, 0.3) is 10.8 Å². The Hall–Kier alpha value is -3.94. The number of rotatable bonds is 7. The number of hydrogen-bond donors (Lipinski definition) is 0. The van der Waals surface area contributed by atoms with Gasteiger partial charge in [0.1, 0.15) is 12.4 Å². The first-order valence-electron chi connectivity index (χ1n) is 15.7. The third-order valence-corrected chi connectivity index (χ3v) is 10.3. The van der Waals surface area contributed by atoms with Crippen LogP contribution in [0.2, 0.25) is 5.02 Å². The van der Waals surface area contributed by atoms with Gasteiger partial charge in [-0.1, -0.05) is 42.4 Å². The van der Waals surface area contributed by atoms with Crippen LogP contribution in [0.3, 0.4) is 0 Å². The summed E-state index contributed by atoms with van der Waals surface area (Å²) in [5, 5.41) is 12.4. The number of halogens is 2. The lowest BCUT2D eigenvalue weighted by atomic mass is 9.88. The molecule has 0 bridgehead atoms. The van der Waals surface area contributed by atoms with Crippen LogP contribution < -0.4 is 14.5 Å². The van der Waals surface area contributed by atoms with Gasteiger partial charge in [0.2, 0.25) is 0 Å². The Labute approximate surface area is 267 Å². The summed E-state index contributed by atoms with van der Waals surface area (Å²) in [6.45, 7) is 7.20. The lowest BCUT2D eigenvalue weighted by Gasteiger charge is -2.43. The fraction of sp³-hybridized carbons (Fsp3) is 0.471. The number of carbonyl (C=O) groups excluding carboxylic acids is 1. The summed E-state index contributed by atoms with van der Waals surface area (Å²) < 4.78 is 20.2. The summed E-state index contributed by atoms with van der Waals surface area (Å²) in [7, 11) is 2.12. The Balaban J connectivity index is 1.28. The summed E-state index contributed by atoms with van der Waals surface area (Å²) in [6.07, 6.45) is 4.29. The highest BCUT2D eigenvalue weighted by atomic mass is 35.5. The minimum Gasteiger partial charge on any atom is -0.462 e. The van der Waals surface area contributed by atoms with Gasteiger partial charge in [-0.2, -0.15) is 15.2 Å². The summed E-state index contributed by atoms with van der Waals surface area (Å²) in [5.74, 6) is -0.965. The van der Waals surface area contributed by atoms with Crippen LogP contribution in [0.4, 0.5) is 15.9 Å². The van der Waals surface area contributed by atoms with Crippen molar-refractivity contribution in [2.75, 3.05) is 56.2 Å². The number of nitrogens with zero attached hydrogens (tertiary/aromatic N) is 7. The number of ether oxygens (including phenoxy) is 1. The van der Waals surface area contributed by atoms with E-state index in [-0.39, 0.29) is 18.4 Å². The SMILES string of the molecule is C=C(F)C(=O)N1CCN(c2nc(OC[C@@H]3CCCN3C)nc3c2C2(CC2)CN(c2cccc4cccc(Cl)c24)C3)C[C@@H]1CC#N. The van der Waals surface area contributed by atoms with E-state index in [9.17, 15) is 14.4 Å². The highest BCUT2D eigenvalue weighted by Gasteiger charge is 2.53. The van der Waals surface area contributed by atoms with Gasteiger partial charge in [0.05, 0.1) is 35.8 Å². The molecule has 2 aromatic carbocycles. The lowest BCUT2D eigenvalue weighted by Crippen LogP contribution is -2.56. The van der Waals surface area contributed by atoms with Gasteiger partial charge >= 0.3 is 6.01 Å². The molecule has 0 radical (unpaired) electrons. The van der Waals surface area contributed by atoms with Crippen molar-refractivity contribution in [1.82, 2.24) is 19.8 Å². The molecule has 2 atom stereocenters. The van der Waals surface area contributed by atoms with E-state index in [4.69, 9.17) is 26.3 Å². The van der Waals surface area contributed by atoms with Crippen molar-refractivity contribution >= 4 is 39.8 Å². The molecule has 3 fully saturated rings. The highest BCUT2D eigenvalue weighted by Crippen LogP contribution is 2.56. The predicted octanol–water partition coefficient (Wildman–Crippen LogP) is 5.22. The fourth-order valence-corrected chi connectivity index (χ4v) is 7.76. The van der Waals surface area contributed by atoms with Crippen molar-refractivity contribution in [3.05, 3.63) is 65.1 Å². The topological polar surface area (TPSA) is 88.8 Å². The van der Waals surface area contributed by atoms with Crippen molar-refractivity contribution in [3.63, 3.8) is 0 Å². The second kappa shape index (κ2) is 11.8. The molecule has 0 unspecified atom stereocenters. The van der Waals surface area contributed by atoms with Gasteiger partial charge in [0.15, 0.2) is 5.83 Å². The van der Waals surface area contributed by atoms with Crippen LogP contribution >= 0.6 is 11.6 Å². The Kier molecular flexibility index (Phi) is 7.78. The molecule has 0 N–H and O–H groups in total. The van der Waals surface area contributed by atoms with Crippen molar-refractivity contribution < 1.29 is 13.9 Å². The Morgan fingerprint density at radius 1 is 1.16 bits per heavy atom. The third kappa shape index (κ3) is 5.46. The van der Waals surface area contributed by atoms with Crippen LogP contribution in [0.15, 0.2) is 48.8 Å². The molecule has 11 heteroatoms. The summed E-state index contributed by atoms with van der Waals surface area (Å²) >= 11 is 6.77. The molecule has 45 heavy (non-hydrogen) atoms. The highest BCUT2D eigenvalue weighted by molar-refractivity contribution is 6.36. The molecule has 1 spiro atoms. The first-order chi connectivity index (χ1) is 21.8. The fourth-order valence-electron chi connectivity index (χ4n) is 7.48. The van der Waals surface area contributed by atoms with E-state index in [1.54, 1.807) is 0 Å². The van der Waals surface area contributed by atoms with Crippen molar-refractivity contribution in [2.45, 2.75) is 56.1 Å². The number of likely N-dealkylation sites (tertiary alicyclic amines) is 1. The largest absolute Gasteiger partial charge is 0.462 e. The van der Waals surface area contributed by atoms with Crippen LogP contribution in [-0.2, 0) is 16.8 Å². The van der Waals surface area contributed by atoms with E-state index < -0.39 is 17.8 Å². The number of likely N-dealkylation sites (N-methyl/N-ethyl adjacent to an activating group) is 1. The zero-order valence-electron chi connectivity index (χ0n) is 25.5. The average Bonchev–Trinajstić information content (AvgIpc) is 3.67. The molecule has 4 heterocycles. The molecule has 4 aliphatic rings. The van der Waals surface area contributed by atoms with Crippen molar-refractivity contribution in [3.8, 4) is 12.1 Å². The van der Waals surface area contributed by atoms with Gasteiger partial charge in [-0.15, -0.1) is 0 Å². The molecule has 2 saturated heterocycles. The van der Waals surface area contributed by atoms with E-state index in [0.29, 0.717) is 38.3 Å². The standard InChI is InChI=1S/C34H37ClFN7O2/c1-22(36)32(44)43-17-16-41(18-24(43)11-14-37)31-30-27(38-33(39-31)45-20-25-8-5-15-40(25)2)19-42(21-34(30)12-13-34)28-10-4-7-23-6-3-9-26(35)29(23)28/h3-4,6-7,9-10,24-25H,1,5,8,11-13,15-21H2,2H3/t24-,25-/m0/s1. The second-order valence-electron chi connectivity index (χ2n) is 12.9. The minimum absolute atomic E-state index is 0.0843. The summed E-state index contributed by atoms with van der Waals surface area (Å²) in [5.41, 5.74) is 3.00. The maximum atomic E-state index is 13.9. The number of aromatic nitrogens is 2. The summed E-state index contributed by atoms with van der Waals surface area (Å²) in [4.78, 5) is 31.0. The second-order valence-corrected chi connectivity index (χ2v) is 13.3. The number of benzene rings is 2. The zero-order chi connectivity index (χ0) is 31.3. The first-order valence-corrected chi connectivity index (χ1v) is 16.1. The average molecular weight is 630 g/mol. The molecular weight excluding hydrogens is 593 g/mol. The van der Waals surface area contributed by atoms with Crippen LogP contribution in [0.1, 0.15) is 43.4 Å². The van der Waals surface area contributed by atoms with E-state index in [2.05, 4.69) is 58.7 Å². The number of anilines is 2. The van der Waals surface area contributed by atoms with Gasteiger partial charge in [-0.3, -0.25) is 4.79 Å². The van der Waals surface area contributed by atoms with Gasteiger partial charge in [-0.05, 0) is 56.8 Å². The molecule has 1 saturated carbocycles. The Morgan fingerprint density at radius 3 is 2.67 bits per heavy atom. The van der Waals surface area contributed by atoms with E-state index in [1.165, 1.54) is 4.90 Å². The quantitative estimate of drug-likeness (QED) is 0.329. The van der Waals surface area contributed by atoms with Crippen LogP contribution in [0.5, 0.6) is 6.01 Å². The first kappa shape index (κ1) is 29.8. The smallest absolute Gasteiger partial charge is 0.318 e. The minimum atomic E-state index is -1.01. The third-order valence-electron chi connectivity index (χ3n) is 10.0. The molecule has 9 nitrogen and oxygen atoms in total. The molecule has 234 valence electrons. The van der Waals surface area contributed by atoms with Crippen molar-refractivity contribution in [1.29, 1.82) is 5.26 Å². The monoisotopic (exact) mass is 629 g/mol. The van der Waals surface area contributed by atoms with E-state index in [0.717, 1.165) is 77.3 Å². The predicted molar refractivity (Wildman–Crippen MR) is 172 cm³/mol. The van der Waals surface area contributed by atoms with Crippen molar-refractivity contribution in [2.24, 2.45) is 0 Å². The number of piperazine rings is 1. The van der Waals surface area contributed by atoms with Crippen LogP contribution in [0, 0.1) is 11.3 Å². The molecule has 1 aliphatic carbocycles. The molecular formula is C34H37ClFN7O2. The zero-order valence-corrected chi connectivity index (χ0v) is 26.3. The number of fused-ring (bicyclic) bond motifs is 3. The maximum absolute atomic E-state index is 13.9. The molecule has 1 amide bonds. The van der Waals surface area contributed by atoms with Crippen LogP contribution in [-0.4, -0.2) is 84.1 Å². The summed E-state index contributed by atoms with van der Waals surface area (Å²) in [6, 6.07) is 14.6. The number of carbonyl (C=O) groups is 1. The molecule has 3 aliphatic heterocycles. The van der Waals surface area contributed by atoms with Gasteiger partial charge in [-0.25, -0.2) is 4.39 Å². The normalized spacial score (nSPS) is 22.4. The maximum Gasteiger partial charge on any atom is 0.318 e. The number of amides is 1.